The van der Waals surface area contributed by atoms with Crippen molar-refractivity contribution in [3.8, 4) is 0 Å². The Morgan fingerprint density at radius 3 is 2.62 bits per heavy atom. The predicted molar refractivity (Wildman–Crippen MR) is 89.8 cm³/mol. The van der Waals surface area contributed by atoms with Crippen LogP contribution in [0.25, 0.3) is 17.2 Å². The van der Waals surface area contributed by atoms with Crippen LogP contribution in [-0.4, -0.2) is 23.3 Å². The third kappa shape index (κ3) is 3.88. The molecule has 3 rings (SSSR count). The summed E-state index contributed by atoms with van der Waals surface area (Å²) in [5, 5.41) is 0.532. The number of hydrogen-bond donors (Lipinski definition) is 0. The second-order valence-corrected chi connectivity index (χ2v) is 5.33. The van der Waals surface area contributed by atoms with Crippen molar-refractivity contribution < 1.29 is 18.7 Å². The number of rotatable bonds is 5. The minimum absolute atomic E-state index is 0.289. The Morgan fingerprint density at radius 2 is 1.88 bits per heavy atom. The minimum Gasteiger partial charge on any atom is -0.454 e. The van der Waals surface area contributed by atoms with Gasteiger partial charge in [0.2, 0.25) is 5.89 Å². The monoisotopic (exact) mass is 341 g/mol. The van der Waals surface area contributed by atoms with Gasteiger partial charge >= 0.3 is 5.97 Å². The number of halogens is 1. The molecule has 6 heteroatoms. The number of carbonyl (C=O) groups excluding carboxylic acids is 2. The van der Waals surface area contributed by atoms with Gasteiger partial charge in [-0.15, -0.1) is 0 Å². The molecule has 24 heavy (non-hydrogen) atoms. The standard InChI is InChI=1S/C18H12ClNO4/c19-13-7-5-12(6-8-13)15(21)11-23-18(22)10-9-17-20-14-3-1-2-4-16(14)24-17/h1-10H,11H2/b10-9+. The maximum absolute atomic E-state index is 11.9. The molecule has 0 aliphatic carbocycles. The van der Waals surface area contributed by atoms with E-state index >= 15 is 0 Å². The first-order valence-corrected chi connectivity index (χ1v) is 7.49. The van der Waals surface area contributed by atoms with Crippen LogP contribution in [0.4, 0.5) is 0 Å². The van der Waals surface area contributed by atoms with Crippen molar-refractivity contribution in [2.75, 3.05) is 6.61 Å². The first-order chi connectivity index (χ1) is 11.6. The number of para-hydroxylation sites is 2. The van der Waals surface area contributed by atoms with Crippen LogP contribution in [0.1, 0.15) is 16.2 Å². The summed E-state index contributed by atoms with van der Waals surface area (Å²) in [6, 6.07) is 13.6. The van der Waals surface area contributed by atoms with Crippen molar-refractivity contribution >= 4 is 40.5 Å². The van der Waals surface area contributed by atoms with Crippen molar-refractivity contribution in [3.05, 3.63) is 71.1 Å². The number of oxazole rings is 1. The largest absolute Gasteiger partial charge is 0.454 e. The smallest absolute Gasteiger partial charge is 0.331 e. The van der Waals surface area contributed by atoms with Crippen molar-refractivity contribution in [3.63, 3.8) is 0 Å². The van der Waals surface area contributed by atoms with Gasteiger partial charge in [-0.1, -0.05) is 23.7 Å². The maximum Gasteiger partial charge on any atom is 0.331 e. The zero-order valence-electron chi connectivity index (χ0n) is 12.4. The molecule has 0 aliphatic heterocycles. The van der Waals surface area contributed by atoms with Crippen molar-refractivity contribution in [1.82, 2.24) is 4.98 Å². The van der Waals surface area contributed by atoms with Crippen LogP contribution in [0.3, 0.4) is 0 Å². The number of esters is 1. The number of ketones is 1. The van der Waals surface area contributed by atoms with Gasteiger partial charge in [0.05, 0.1) is 0 Å². The topological polar surface area (TPSA) is 69.4 Å². The Labute approximate surface area is 142 Å². The van der Waals surface area contributed by atoms with Crippen LogP contribution in [0.15, 0.2) is 59.0 Å². The van der Waals surface area contributed by atoms with E-state index in [0.29, 0.717) is 21.7 Å². The molecule has 0 bridgehead atoms. The van der Waals surface area contributed by atoms with Gasteiger partial charge in [0.25, 0.3) is 0 Å². The van der Waals surface area contributed by atoms with E-state index in [1.54, 1.807) is 36.4 Å². The Bertz CT molecular complexity index is 879. The molecule has 0 saturated heterocycles. The molecule has 120 valence electrons. The molecule has 0 saturated carbocycles. The highest BCUT2D eigenvalue weighted by Gasteiger charge is 2.09. The van der Waals surface area contributed by atoms with E-state index in [4.69, 9.17) is 20.8 Å². The summed E-state index contributed by atoms with van der Waals surface area (Å²) in [6.45, 7) is -0.349. The van der Waals surface area contributed by atoms with Crippen LogP contribution < -0.4 is 0 Å². The molecule has 0 fully saturated rings. The summed E-state index contributed by atoms with van der Waals surface area (Å²) in [5.41, 5.74) is 1.75. The van der Waals surface area contributed by atoms with Crippen LogP contribution in [-0.2, 0) is 9.53 Å². The molecule has 0 atom stereocenters. The third-order valence-corrected chi connectivity index (χ3v) is 3.44. The van der Waals surface area contributed by atoms with Crippen molar-refractivity contribution in [2.45, 2.75) is 0 Å². The van der Waals surface area contributed by atoms with Gasteiger partial charge in [-0.2, -0.15) is 0 Å². The fourth-order valence-corrected chi connectivity index (χ4v) is 2.13. The summed E-state index contributed by atoms with van der Waals surface area (Å²) in [7, 11) is 0. The van der Waals surface area contributed by atoms with E-state index in [-0.39, 0.29) is 18.3 Å². The Hall–Kier alpha value is -2.92. The molecule has 2 aromatic carbocycles. The molecule has 0 unspecified atom stereocenters. The van der Waals surface area contributed by atoms with Crippen LogP contribution in [0.5, 0.6) is 0 Å². The van der Waals surface area contributed by atoms with E-state index in [9.17, 15) is 9.59 Å². The van der Waals surface area contributed by atoms with Gasteiger partial charge in [0.15, 0.2) is 18.0 Å². The highest BCUT2D eigenvalue weighted by Crippen LogP contribution is 2.15. The van der Waals surface area contributed by atoms with Gasteiger partial charge in [-0.05, 0) is 36.4 Å². The van der Waals surface area contributed by atoms with Crippen LogP contribution in [0.2, 0.25) is 5.02 Å². The fourth-order valence-electron chi connectivity index (χ4n) is 2.00. The lowest BCUT2D eigenvalue weighted by atomic mass is 10.1. The zero-order chi connectivity index (χ0) is 16.9. The van der Waals surface area contributed by atoms with Crippen molar-refractivity contribution in [1.29, 1.82) is 0 Å². The molecule has 3 aromatic rings. The minimum atomic E-state index is -0.653. The van der Waals surface area contributed by atoms with E-state index < -0.39 is 5.97 Å². The number of nitrogens with zero attached hydrogens (tertiary/aromatic N) is 1. The SMILES string of the molecule is O=C(/C=C/c1nc2ccccc2o1)OCC(=O)c1ccc(Cl)cc1. The molecule has 0 spiro atoms. The molecule has 0 aliphatic rings. The van der Waals surface area contributed by atoms with Crippen LogP contribution in [0, 0.1) is 0 Å². The van der Waals surface area contributed by atoms with Crippen LogP contribution >= 0.6 is 11.6 Å². The number of fused-ring (bicyclic) bond motifs is 1. The van der Waals surface area contributed by atoms with Gasteiger partial charge in [-0.3, -0.25) is 4.79 Å². The third-order valence-electron chi connectivity index (χ3n) is 3.18. The molecule has 1 heterocycles. The molecule has 5 nitrogen and oxygen atoms in total. The molecule has 0 amide bonds. The summed E-state index contributed by atoms with van der Waals surface area (Å²) < 4.78 is 10.3. The first kappa shape index (κ1) is 16.0. The van der Waals surface area contributed by atoms with Gasteiger partial charge in [0, 0.05) is 22.7 Å². The molecule has 0 N–H and O–H groups in total. The second kappa shape index (κ2) is 7.10. The number of hydrogen-bond acceptors (Lipinski definition) is 5. The summed E-state index contributed by atoms with van der Waals surface area (Å²) in [4.78, 5) is 27.7. The lowest BCUT2D eigenvalue weighted by Crippen LogP contribution is -2.12. The first-order valence-electron chi connectivity index (χ1n) is 7.11. The number of aromatic nitrogens is 1. The zero-order valence-corrected chi connectivity index (χ0v) is 13.2. The highest BCUT2D eigenvalue weighted by atomic mass is 35.5. The predicted octanol–water partition coefficient (Wildman–Crippen LogP) is 3.92. The number of carbonyl (C=O) groups is 2. The van der Waals surface area contributed by atoms with E-state index in [0.717, 1.165) is 0 Å². The molecule has 1 aromatic heterocycles. The Morgan fingerprint density at radius 1 is 1.12 bits per heavy atom. The Kier molecular flexibility index (Phi) is 4.72. The molecular weight excluding hydrogens is 330 g/mol. The van der Waals surface area contributed by atoms with Crippen molar-refractivity contribution in [2.24, 2.45) is 0 Å². The van der Waals surface area contributed by atoms with Gasteiger partial charge in [0.1, 0.15) is 5.52 Å². The van der Waals surface area contributed by atoms with E-state index in [1.807, 2.05) is 12.1 Å². The summed E-state index contributed by atoms with van der Waals surface area (Å²) in [5.74, 6) is -0.674. The highest BCUT2D eigenvalue weighted by molar-refractivity contribution is 6.30. The lowest BCUT2D eigenvalue weighted by Gasteiger charge is -2.01. The average molecular weight is 342 g/mol. The van der Waals surface area contributed by atoms with Gasteiger partial charge < -0.3 is 9.15 Å². The number of Topliss-reactive ketones (excluding diaryl/α,β-unsaturated/α-hetero) is 1. The number of benzene rings is 2. The average Bonchev–Trinajstić information content (AvgIpc) is 3.01. The van der Waals surface area contributed by atoms with E-state index in [2.05, 4.69) is 4.98 Å². The normalized spacial score (nSPS) is 11.0. The molecular formula is C18H12ClNO4. The fraction of sp³-hybridized carbons (Fsp3) is 0.0556. The summed E-state index contributed by atoms with van der Waals surface area (Å²) in [6.07, 6.45) is 2.56. The van der Waals surface area contributed by atoms with Gasteiger partial charge in [-0.25, -0.2) is 9.78 Å². The van der Waals surface area contributed by atoms with E-state index in [1.165, 1.54) is 12.2 Å². The second-order valence-electron chi connectivity index (χ2n) is 4.89. The number of ether oxygens (including phenoxy) is 1. The maximum atomic E-state index is 11.9. The lowest BCUT2D eigenvalue weighted by molar-refractivity contribution is -0.136. The quantitative estimate of drug-likeness (QED) is 0.399. The summed E-state index contributed by atoms with van der Waals surface area (Å²) >= 11 is 5.75. The molecule has 0 radical (unpaired) electrons. The Balaban J connectivity index is 1.57.